The summed E-state index contributed by atoms with van der Waals surface area (Å²) >= 11 is 0. The van der Waals surface area contributed by atoms with Gasteiger partial charge in [-0.2, -0.15) is 0 Å². The number of rotatable bonds is 7. The molecule has 0 radical (unpaired) electrons. The molecule has 1 aliphatic heterocycles. The molecule has 1 aromatic heterocycles. The number of aryl methyl sites for hydroxylation is 2. The second-order valence-electron chi connectivity index (χ2n) is 8.24. The fourth-order valence-electron chi connectivity index (χ4n) is 3.88. The zero-order chi connectivity index (χ0) is 22.5. The van der Waals surface area contributed by atoms with Gasteiger partial charge in [-0.15, -0.1) is 0 Å². The van der Waals surface area contributed by atoms with Crippen LogP contribution in [0.3, 0.4) is 0 Å². The maximum atomic E-state index is 12.9. The summed E-state index contributed by atoms with van der Waals surface area (Å²) in [5, 5.41) is 0. The highest BCUT2D eigenvalue weighted by Crippen LogP contribution is 2.22. The third-order valence-electron chi connectivity index (χ3n) is 5.79. The molecule has 1 saturated heterocycles. The molecule has 2 aromatic carbocycles. The number of hydrogen-bond acceptors (Lipinski definition) is 5. The van der Waals surface area contributed by atoms with Crippen molar-refractivity contribution in [3.05, 3.63) is 82.8 Å². The van der Waals surface area contributed by atoms with Crippen LogP contribution in [0.1, 0.15) is 33.0 Å². The molecule has 0 aliphatic carbocycles. The maximum Gasteiger partial charge on any atom is 0.289 e. The summed E-state index contributed by atoms with van der Waals surface area (Å²) in [6.07, 6.45) is 0. The Hall–Kier alpha value is -3.25. The summed E-state index contributed by atoms with van der Waals surface area (Å²) in [6.45, 7) is 8.20. The van der Waals surface area contributed by atoms with Crippen LogP contribution in [0.4, 0.5) is 0 Å². The molecule has 3 aromatic rings. The van der Waals surface area contributed by atoms with Crippen molar-refractivity contribution in [2.45, 2.75) is 27.0 Å². The number of nitrogens with zero attached hydrogens (tertiary/aromatic N) is 2. The molecule has 0 N–H and O–H groups in total. The normalized spacial score (nSPS) is 14.4. The van der Waals surface area contributed by atoms with Crippen molar-refractivity contribution in [1.29, 1.82) is 0 Å². The third-order valence-corrected chi connectivity index (χ3v) is 5.79. The summed E-state index contributed by atoms with van der Waals surface area (Å²) in [5.41, 5.74) is 3.43. The standard InChI is InChI=1S/C26H30N2O4/c1-19-7-8-20(2)25(15-19)31-18-23-9-10-24(32-23)26(29)28-13-11-27(12-14-28)17-21-5-4-6-22(16-21)30-3/h4-10,15-16H,11-14,17-18H2,1-3H3. The molecule has 168 valence electrons. The quantitative estimate of drug-likeness (QED) is 0.550. The van der Waals surface area contributed by atoms with Gasteiger partial charge in [0, 0.05) is 32.7 Å². The first kappa shape index (κ1) is 22.0. The predicted molar refractivity (Wildman–Crippen MR) is 123 cm³/mol. The van der Waals surface area contributed by atoms with Crippen LogP contribution in [-0.2, 0) is 13.2 Å². The molecule has 0 spiro atoms. The average Bonchev–Trinajstić information content (AvgIpc) is 3.29. The highest BCUT2D eigenvalue weighted by molar-refractivity contribution is 5.91. The molecule has 6 heteroatoms. The molecule has 0 saturated carbocycles. The lowest BCUT2D eigenvalue weighted by Crippen LogP contribution is -2.48. The molecule has 1 aliphatic rings. The maximum absolute atomic E-state index is 12.9. The highest BCUT2D eigenvalue weighted by atomic mass is 16.5. The van der Waals surface area contributed by atoms with Crippen molar-refractivity contribution in [2.24, 2.45) is 0 Å². The van der Waals surface area contributed by atoms with Crippen LogP contribution < -0.4 is 9.47 Å². The lowest BCUT2D eigenvalue weighted by Gasteiger charge is -2.34. The Bertz CT molecular complexity index is 1070. The zero-order valence-corrected chi connectivity index (χ0v) is 19.0. The van der Waals surface area contributed by atoms with Gasteiger partial charge in [0.05, 0.1) is 7.11 Å². The van der Waals surface area contributed by atoms with E-state index in [9.17, 15) is 4.79 Å². The molecule has 32 heavy (non-hydrogen) atoms. The number of amides is 1. The molecule has 0 atom stereocenters. The van der Waals surface area contributed by atoms with Crippen LogP contribution in [-0.4, -0.2) is 49.0 Å². The minimum Gasteiger partial charge on any atom is -0.497 e. The van der Waals surface area contributed by atoms with Crippen molar-refractivity contribution >= 4 is 5.91 Å². The van der Waals surface area contributed by atoms with E-state index in [1.165, 1.54) is 5.56 Å². The summed E-state index contributed by atoms with van der Waals surface area (Å²) in [5.74, 6) is 2.65. The lowest BCUT2D eigenvalue weighted by atomic mass is 10.1. The van der Waals surface area contributed by atoms with Crippen LogP contribution in [0.5, 0.6) is 11.5 Å². The minimum absolute atomic E-state index is 0.0657. The van der Waals surface area contributed by atoms with Crippen molar-refractivity contribution < 1.29 is 18.7 Å². The van der Waals surface area contributed by atoms with E-state index in [1.807, 2.05) is 49.1 Å². The van der Waals surface area contributed by atoms with E-state index in [1.54, 1.807) is 13.2 Å². The summed E-state index contributed by atoms with van der Waals surface area (Å²) < 4.78 is 17.0. The number of furan rings is 1. The molecular formula is C26H30N2O4. The molecule has 0 unspecified atom stereocenters. The number of methoxy groups -OCH3 is 1. The fourth-order valence-corrected chi connectivity index (χ4v) is 3.88. The Kier molecular flexibility index (Phi) is 6.81. The first-order valence-corrected chi connectivity index (χ1v) is 10.9. The minimum atomic E-state index is -0.0657. The first-order chi connectivity index (χ1) is 15.5. The summed E-state index contributed by atoms with van der Waals surface area (Å²) in [4.78, 5) is 17.1. The number of carbonyl (C=O) groups is 1. The van der Waals surface area contributed by atoms with Crippen molar-refractivity contribution in [2.75, 3.05) is 33.3 Å². The Morgan fingerprint density at radius 2 is 1.81 bits per heavy atom. The van der Waals surface area contributed by atoms with Gasteiger partial charge in [0.2, 0.25) is 0 Å². The van der Waals surface area contributed by atoms with Crippen molar-refractivity contribution in [3.63, 3.8) is 0 Å². The van der Waals surface area contributed by atoms with E-state index < -0.39 is 0 Å². The van der Waals surface area contributed by atoms with Crippen LogP contribution in [0.25, 0.3) is 0 Å². The molecule has 4 rings (SSSR count). The number of hydrogen-bond donors (Lipinski definition) is 0. The van der Waals surface area contributed by atoms with Crippen LogP contribution in [0.2, 0.25) is 0 Å². The number of carbonyl (C=O) groups excluding carboxylic acids is 1. The van der Waals surface area contributed by atoms with Crippen molar-refractivity contribution in [1.82, 2.24) is 9.80 Å². The molecule has 1 amide bonds. The van der Waals surface area contributed by atoms with Gasteiger partial charge in [-0.1, -0.05) is 24.3 Å². The Morgan fingerprint density at radius 3 is 2.59 bits per heavy atom. The van der Waals surface area contributed by atoms with Crippen LogP contribution in [0.15, 0.2) is 59.0 Å². The Balaban J connectivity index is 1.29. The molecule has 2 heterocycles. The van der Waals surface area contributed by atoms with Gasteiger partial charge < -0.3 is 18.8 Å². The zero-order valence-electron chi connectivity index (χ0n) is 19.0. The highest BCUT2D eigenvalue weighted by Gasteiger charge is 2.24. The summed E-state index contributed by atoms with van der Waals surface area (Å²) in [6, 6.07) is 17.8. The van der Waals surface area contributed by atoms with Gasteiger partial charge in [-0.05, 0) is 60.9 Å². The monoisotopic (exact) mass is 434 g/mol. The van der Waals surface area contributed by atoms with Gasteiger partial charge in [0.1, 0.15) is 23.9 Å². The van der Waals surface area contributed by atoms with Crippen LogP contribution in [0, 0.1) is 13.8 Å². The van der Waals surface area contributed by atoms with E-state index in [2.05, 4.69) is 23.1 Å². The number of piperazine rings is 1. The second kappa shape index (κ2) is 9.92. The Labute approximate surface area is 189 Å². The fraction of sp³-hybridized carbons (Fsp3) is 0.346. The smallest absolute Gasteiger partial charge is 0.289 e. The average molecular weight is 435 g/mol. The van der Waals surface area contributed by atoms with Gasteiger partial charge in [-0.25, -0.2) is 0 Å². The van der Waals surface area contributed by atoms with E-state index in [4.69, 9.17) is 13.9 Å². The number of ether oxygens (including phenoxy) is 2. The van der Waals surface area contributed by atoms with Gasteiger partial charge in [0.15, 0.2) is 5.76 Å². The molecule has 1 fully saturated rings. The lowest BCUT2D eigenvalue weighted by molar-refractivity contribution is 0.0594. The topological polar surface area (TPSA) is 55.2 Å². The van der Waals surface area contributed by atoms with E-state index in [-0.39, 0.29) is 5.91 Å². The van der Waals surface area contributed by atoms with E-state index >= 15 is 0 Å². The predicted octanol–water partition coefficient (Wildman–Crippen LogP) is 4.44. The van der Waals surface area contributed by atoms with Gasteiger partial charge >= 0.3 is 0 Å². The van der Waals surface area contributed by atoms with Crippen LogP contribution >= 0.6 is 0 Å². The molecule has 6 nitrogen and oxygen atoms in total. The first-order valence-electron chi connectivity index (χ1n) is 10.9. The van der Waals surface area contributed by atoms with E-state index in [0.29, 0.717) is 31.2 Å². The number of benzene rings is 2. The molecular weight excluding hydrogens is 404 g/mol. The Morgan fingerprint density at radius 1 is 1.00 bits per heavy atom. The van der Waals surface area contributed by atoms with Gasteiger partial charge in [0.25, 0.3) is 5.91 Å². The largest absolute Gasteiger partial charge is 0.497 e. The van der Waals surface area contributed by atoms with Crippen molar-refractivity contribution in [3.8, 4) is 11.5 Å². The van der Waals surface area contributed by atoms with E-state index in [0.717, 1.165) is 42.3 Å². The molecule has 0 bridgehead atoms. The third kappa shape index (κ3) is 5.32. The second-order valence-corrected chi connectivity index (χ2v) is 8.24. The SMILES string of the molecule is COc1cccc(CN2CCN(C(=O)c3ccc(COc4cc(C)ccc4C)o3)CC2)c1. The van der Waals surface area contributed by atoms with Gasteiger partial charge in [-0.3, -0.25) is 9.69 Å². The summed E-state index contributed by atoms with van der Waals surface area (Å²) in [7, 11) is 1.68.